The van der Waals surface area contributed by atoms with Gasteiger partial charge in [-0.15, -0.1) is 0 Å². The van der Waals surface area contributed by atoms with Crippen LogP contribution in [-0.4, -0.2) is 8.32 Å². The van der Waals surface area contributed by atoms with E-state index < -0.39 is 8.32 Å². The van der Waals surface area contributed by atoms with Gasteiger partial charge in [0.05, 0.1) is 5.76 Å². The molecule has 0 saturated carbocycles. The van der Waals surface area contributed by atoms with E-state index in [4.69, 9.17) is 4.43 Å². The van der Waals surface area contributed by atoms with Crippen LogP contribution in [0.5, 0.6) is 0 Å². The van der Waals surface area contributed by atoms with Gasteiger partial charge in [-0.05, 0) is 44.5 Å². The van der Waals surface area contributed by atoms with E-state index in [2.05, 4.69) is 33.5 Å². The lowest BCUT2D eigenvalue weighted by atomic mass is 10.1. The highest BCUT2D eigenvalue weighted by atomic mass is 28.4. The quantitative estimate of drug-likeness (QED) is 0.596. The largest absolute Gasteiger partial charge is 0.547 e. The molecule has 0 aliphatic heterocycles. The molecule has 0 fully saturated rings. The van der Waals surface area contributed by atoms with Gasteiger partial charge in [0.25, 0.3) is 0 Å². The smallest absolute Gasteiger partial charge is 0.241 e. The van der Waals surface area contributed by atoms with Crippen LogP contribution in [0.15, 0.2) is 11.3 Å². The molecule has 0 radical (unpaired) electrons. The fourth-order valence-corrected chi connectivity index (χ4v) is 2.54. The fraction of sp³-hybridized carbons (Fsp3) is 0.800. The van der Waals surface area contributed by atoms with Crippen LogP contribution >= 0.6 is 0 Å². The normalized spacial score (nSPS) is 24.9. The zero-order valence-electron chi connectivity index (χ0n) is 8.90. The Morgan fingerprint density at radius 2 is 1.92 bits per heavy atom. The van der Waals surface area contributed by atoms with Gasteiger partial charge in [-0.3, -0.25) is 0 Å². The van der Waals surface area contributed by atoms with Crippen molar-refractivity contribution in [2.45, 2.75) is 46.3 Å². The highest BCUT2D eigenvalue weighted by Gasteiger charge is 2.24. The molecule has 1 nitrogen and oxygen atoms in total. The Kier molecular flexibility index (Phi) is 2.66. The predicted molar refractivity (Wildman–Crippen MR) is 55.5 cm³/mol. The number of hydrogen-bond donors (Lipinski definition) is 0. The SMILES string of the molecule is CC1=C(O[Si](C)(C)C)CC[C@@H]1C. The first-order chi connectivity index (χ1) is 5.40. The summed E-state index contributed by atoms with van der Waals surface area (Å²) in [6.07, 6.45) is 2.45. The van der Waals surface area contributed by atoms with Crippen LogP contribution in [0.4, 0.5) is 0 Å². The van der Waals surface area contributed by atoms with Crippen LogP contribution in [0.25, 0.3) is 0 Å². The Bertz CT molecular complexity index is 200. The monoisotopic (exact) mass is 184 g/mol. The first-order valence-corrected chi connectivity index (χ1v) is 8.19. The maximum Gasteiger partial charge on any atom is 0.241 e. The minimum atomic E-state index is -1.35. The predicted octanol–water partition coefficient (Wildman–Crippen LogP) is 3.54. The molecule has 1 rings (SSSR count). The second-order valence-electron chi connectivity index (χ2n) is 4.76. The van der Waals surface area contributed by atoms with E-state index in [0.29, 0.717) is 0 Å². The van der Waals surface area contributed by atoms with Gasteiger partial charge in [0.2, 0.25) is 8.32 Å². The summed E-state index contributed by atoms with van der Waals surface area (Å²) in [5.41, 5.74) is 1.48. The average Bonchev–Trinajstić information content (AvgIpc) is 2.16. The Labute approximate surface area is 76.9 Å². The topological polar surface area (TPSA) is 9.23 Å². The van der Waals surface area contributed by atoms with E-state index in [9.17, 15) is 0 Å². The maximum atomic E-state index is 6.00. The third-order valence-electron chi connectivity index (χ3n) is 2.41. The minimum absolute atomic E-state index is 0.747. The minimum Gasteiger partial charge on any atom is -0.547 e. The van der Waals surface area contributed by atoms with Crippen LogP contribution in [0, 0.1) is 5.92 Å². The van der Waals surface area contributed by atoms with Gasteiger partial charge in [-0.1, -0.05) is 6.92 Å². The van der Waals surface area contributed by atoms with E-state index >= 15 is 0 Å². The second-order valence-corrected chi connectivity index (χ2v) is 9.19. The molecule has 0 spiro atoms. The highest BCUT2D eigenvalue weighted by molar-refractivity contribution is 6.70. The van der Waals surface area contributed by atoms with Crippen molar-refractivity contribution in [3.8, 4) is 0 Å². The molecule has 0 saturated heterocycles. The Morgan fingerprint density at radius 1 is 1.33 bits per heavy atom. The zero-order valence-corrected chi connectivity index (χ0v) is 9.90. The molecule has 0 amide bonds. The van der Waals surface area contributed by atoms with E-state index in [1.54, 1.807) is 0 Å². The molecule has 0 aromatic carbocycles. The third-order valence-corrected chi connectivity index (χ3v) is 3.27. The molecule has 2 heteroatoms. The Hall–Kier alpha value is -0.243. The van der Waals surface area contributed by atoms with Crippen LogP contribution in [0.2, 0.25) is 19.6 Å². The van der Waals surface area contributed by atoms with Gasteiger partial charge in [0, 0.05) is 6.42 Å². The van der Waals surface area contributed by atoms with Crippen molar-refractivity contribution in [1.29, 1.82) is 0 Å². The van der Waals surface area contributed by atoms with Gasteiger partial charge in [-0.25, -0.2) is 0 Å². The van der Waals surface area contributed by atoms with Crippen LogP contribution in [0.1, 0.15) is 26.7 Å². The summed E-state index contributed by atoms with van der Waals surface area (Å²) in [5, 5.41) is 0. The molecule has 70 valence electrons. The Balaban J connectivity index is 2.65. The van der Waals surface area contributed by atoms with Crippen LogP contribution < -0.4 is 0 Å². The van der Waals surface area contributed by atoms with Crippen molar-refractivity contribution in [2.75, 3.05) is 0 Å². The van der Waals surface area contributed by atoms with Gasteiger partial charge >= 0.3 is 0 Å². The van der Waals surface area contributed by atoms with E-state index in [1.165, 1.54) is 17.8 Å². The Morgan fingerprint density at radius 3 is 2.25 bits per heavy atom. The average molecular weight is 184 g/mol. The summed E-state index contributed by atoms with van der Waals surface area (Å²) in [5.74, 6) is 2.04. The molecule has 1 aliphatic carbocycles. The van der Waals surface area contributed by atoms with Gasteiger partial charge < -0.3 is 4.43 Å². The molecule has 1 aliphatic rings. The standard InChI is InChI=1S/C10H20OSi/c1-8-6-7-10(9(8)2)11-12(3,4)5/h8H,6-7H2,1-5H3/t8-/m0/s1. The lowest BCUT2D eigenvalue weighted by Gasteiger charge is -2.21. The molecule has 12 heavy (non-hydrogen) atoms. The second kappa shape index (κ2) is 3.25. The number of allylic oxidation sites excluding steroid dienone is 2. The summed E-state index contributed by atoms with van der Waals surface area (Å²) in [6, 6.07) is 0. The molecule has 0 aromatic rings. The molecule has 0 heterocycles. The molecule has 0 bridgehead atoms. The van der Waals surface area contributed by atoms with Gasteiger partial charge in [0.1, 0.15) is 0 Å². The first kappa shape index (κ1) is 9.84. The number of rotatable bonds is 2. The number of hydrogen-bond acceptors (Lipinski definition) is 1. The van der Waals surface area contributed by atoms with Crippen molar-refractivity contribution in [3.63, 3.8) is 0 Å². The van der Waals surface area contributed by atoms with Crippen molar-refractivity contribution >= 4 is 8.32 Å². The molecule has 0 aromatic heterocycles. The van der Waals surface area contributed by atoms with Crippen molar-refractivity contribution in [3.05, 3.63) is 11.3 Å². The zero-order chi connectivity index (χ0) is 9.35. The maximum absolute atomic E-state index is 6.00. The molecular formula is C10H20OSi. The van der Waals surface area contributed by atoms with Crippen molar-refractivity contribution in [2.24, 2.45) is 5.92 Å². The summed E-state index contributed by atoms with van der Waals surface area (Å²) in [7, 11) is -1.35. The lowest BCUT2D eigenvalue weighted by molar-refractivity contribution is 0.404. The van der Waals surface area contributed by atoms with E-state index in [1.807, 2.05) is 0 Å². The molecule has 0 N–H and O–H groups in total. The fourth-order valence-electron chi connectivity index (χ4n) is 1.54. The summed E-state index contributed by atoms with van der Waals surface area (Å²) in [4.78, 5) is 0. The molecule has 0 unspecified atom stereocenters. The summed E-state index contributed by atoms with van der Waals surface area (Å²) in [6.45, 7) is 11.2. The van der Waals surface area contributed by atoms with E-state index in [-0.39, 0.29) is 0 Å². The molecule has 1 atom stereocenters. The van der Waals surface area contributed by atoms with Crippen LogP contribution in [-0.2, 0) is 4.43 Å². The summed E-state index contributed by atoms with van der Waals surface area (Å²) >= 11 is 0. The lowest BCUT2D eigenvalue weighted by Crippen LogP contribution is -2.24. The summed E-state index contributed by atoms with van der Waals surface area (Å²) < 4.78 is 6.00. The highest BCUT2D eigenvalue weighted by Crippen LogP contribution is 2.33. The van der Waals surface area contributed by atoms with Crippen molar-refractivity contribution < 1.29 is 4.43 Å². The molecular weight excluding hydrogens is 164 g/mol. The third kappa shape index (κ3) is 2.37. The van der Waals surface area contributed by atoms with E-state index in [0.717, 1.165) is 12.3 Å². The van der Waals surface area contributed by atoms with Gasteiger partial charge in [-0.2, -0.15) is 0 Å². The van der Waals surface area contributed by atoms with Crippen molar-refractivity contribution in [1.82, 2.24) is 0 Å². The van der Waals surface area contributed by atoms with Crippen LogP contribution in [0.3, 0.4) is 0 Å². The van der Waals surface area contributed by atoms with Gasteiger partial charge in [0.15, 0.2) is 0 Å². The first-order valence-electron chi connectivity index (χ1n) is 4.79.